The van der Waals surface area contributed by atoms with Crippen LogP contribution in [-0.4, -0.2) is 37.4 Å². The number of hydrogen-bond donors (Lipinski definition) is 1. The molecule has 1 fully saturated rings. The summed E-state index contributed by atoms with van der Waals surface area (Å²) in [6.07, 6.45) is 0. The molecule has 0 saturated carbocycles. The van der Waals surface area contributed by atoms with Gasteiger partial charge in [0, 0.05) is 12.3 Å². The van der Waals surface area contributed by atoms with Crippen molar-refractivity contribution in [2.75, 3.05) is 31.8 Å². The summed E-state index contributed by atoms with van der Waals surface area (Å²) in [5, 5.41) is 3.76. The third-order valence-electron chi connectivity index (χ3n) is 4.03. The molecule has 1 aliphatic heterocycles. The number of rotatable bonds is 4. The minimum atomic E-state index is -0.211. The maximum atomic E-state index is 12.9. The molecular formula is C18H18Cl2N2O3S. The second kappa shape index (κ2) is 8.29. The van der Waals surface area contributed by atoms with Crippen molar-refractivity contribution < 1.29 is 14.3 Å². The van der Waals surface area contributed by atoms with Gasteiger partial charge in [-0.2, -0.15) is 0 Å². The zero-order chi connectivity index (χ0) is 18.7. The third kappa shape index (κ3) is 3.82. The number of amides is 2. The quantitative estimate of drug-likeness (QED) is 0.740. The molecule has 1 heterocycles. The van der Waals surface area contributed by atoms with E-state index in [1.54, 1.807) is 54.1 Å². The van der Waals surface area contributed by atoms with E-state index in [0.717, 1.165) is 11.3 Å². The van der Waals surface area contributed by atoms with Gasteiger partial charge in [0.05, 0.1) is 30.0 Å². The van der Waals surface area contributed by atoms with Crippen LogP contribution < -0.4 is 14.8 Å². The summed E-state index contributed by atoms with van der Waals surface area (Å²) >= 11 is 13.8. The van der Waals surface area contributed by atoms with E-state index in [2.05, 4.69) is 5.32 Å². The van der Waals surface area contributed by atoms with E-state index >= 15 is 0 Å². The summed E-state index contributed by atoms with van der Waals surface area (Å²) in [6.45, 7) is 0.633. The summed E-state index contributed by atoms with van der Waals surface area (Å²) < 4.78 is 10.7. The van der Waals surface area contributed by atoms with Crippen molar-refractivity contribution in [3.8, 4) is 11.5 Å². The van der Waals surface area contributed by atoms with Crippen LogP contribution in [0, 0.1) is 0 Å². The van der Waals surface area contributed by atoms with Crippen molar-refractivity contribution in [1.29, 1.82) is 0 Å². The number of para-hydroxylation sites is 1. The van der Waals surface area contributed by atoms with Gasteiger partial charge in [0.2, 0.25) is 0 Å². The van der Waals surface area contributed by atoms with Crippen molar-refractivity contribution in [3.05, 3.63) is 52.0 Å². The first kappa shape index (κ1) is 19.0. The fraction of sp³-hybridized carbons (Fsp3) is 0.278. The van der Waals surface area contributed by atoms with Gasteiger partial charge in [0.15, 0.2) is 11.5 Å². The Morgan fingerprint density at radius 3 is 2.69 bits per heavy atom. The first-order valence-electron chi connectivity index (χ1n) is 7.90. The summed E-state index contributed by atoms with van der Waals surface area (Å²) in [7, 11) is 3.10. The topological polar surface area (TPSA) is 50.8 Å². The van der Waals surface area contributed by atoms with Gasteiger partial charge in [-0.25, -0.2) is 4.79 Å². The second-order valence-corrected chi connectivity index (χ2v) is 7.56. The van der Waals surface area contributed by atoms with Crippen LogP contribution in [0.5, 0.6) is 11.5 Å². The number of thioether (sulfide) groups is 1. The highest BCUT2D eigenvalue weighted by Crippen LogP contribution is 2.41. The Balaban J connectivity index is 1.82. The molecule has 0 aliphatic carbocycles. The standard InChI is InChI=1S/C18H18Cl2N2O3S/c1-24-15-5-3-4-14(16(15)25-2)21-18(23)22-8-9-26-17(22)11-6-7-12(19)13(20)10-11/h3-7,10,17H,8-9H2,1-2H3,(H,21,23)/t17-/m1/s1. The Bertz CT molecular complexity index is 819. The number of nitrogens with one attached hydrogen (secondary N) is 1. The highest BCUT2D eigenvalue weighted by molar-refractivity contribution is 7.99. The number of methoxy groups -OCH3 is 2. The number of ether oxygens (including phenoxy) is 2. The molecule has 26 heavy (non-hydrogen) atoms. The molecule has 138 valence electrons. The van der Waals surface area contributed by atoms with Crippen molar-refractivity contribution in [2.45, 2.75) is 5.37 Å². The third-order valence-corrected chi connectivity index (χ3v) is 6.02. The van der Waals surface area contributed by atoms with Crippen LogP contribution in [0.4, 0.5) is 10.5 Å². The molecule has 3 rings (SSSR count). The maximum Gasteiger partial charge on any atom is 0.323 e. The number of anilines is 1. The Hall–Kier alpha value is -1.76. The average molecular weight is 413 g/mol. The fourth-order valence-corrected chi connectivity index (χ4v) is 4.34. The normalized spacial score (nSPS) is 16.5. The van der Waals surface area contributed by atoms with Gasteiger partial charge < -0.3 is 19.7 Å². The van der Waals surface area contributed by atoms with Gasteiger partial charge in [0.25, 0.3) is 0 Å². The molecule has 0 unspecified atom stereocenters. The molecule has 0 spiro atoms. The molecule has 2 aromatic carbocycles. The Labute approximate surface area is 166 Å². The van der Waals surface area contributed by atoms with Crippen LogP contribution in [0.25, 0.3) is 0 Å². The summed E-state index contributed by atoms with van der Waals surface area (Å²) in [5.41, 5.74) is 1.50. The molecule has 1 N–H and O–H groups in total. The smallest absolute Gasteiger partial charge is 0.323 e. The van der Waals surface area contributed by atoms with E-state index in [4.69, 9.17) is 32.7 Å². The van der Waals surface area contributed by atoms with E-state index in [0.29, 0.717) is 33.8 Å². The van der Waals surface area contributed by atoms with Crippen molar-refractivity contribution in [2.24, 2.45) is 0 Å². The molecule has 1 atom stereocenters. The first-order valence-corrected chi connectivity index (χ1v) is 9.70. The molecule has 8 heteroatoms. The molecule has 1 saturated heterocycles. The van der Waals surface area contributed by atoms with Gasteiger partial charge in [-0.1, -0.05) is 35.3 Å². The van der Waals surface area contributed by atoms with Crippen LogP contribution >= 0.6 is 35.0 Å². The highest BCUT2D eigenvalue weighted by atomic mass is 35.5. The number of halogens is 2. The van der Waals surface area contributed by atoms with Crippen LogP contribution in [0.15, 0.2) is 36.4 Å². The number of urea groups is 1. The van der Waals surface area contributed by atoms with E-state index in [1.807, 2.05) is 6.07 Å². The molecule has 2 amide bonds. The Morgan fingerprint density at radius 1 is 1.19 bits per heavy atom. The Morgan fingerprint density at radius 2 is 2.00 bits per heavy atom. The van der Waals surface area contributed by atoms with Gasteiger partial charge >= 0.3 is 6.03 Å². The zero-order valence-corrected chi connectivity index (χ0v) is 16.6. The number of carbonyl (C=O) groups excluding carboxylic acids is 1. The lowest BCUT2D eigenvalue weighted by atomic mass is 10.2. The maximum absolute atomic E-state index is 12.9. The van der Waals surface area contributed by atoms with Crippen molar-refractivity contribution in [1.82, 2.24) is 4.90 Å². The minimum Gasteiger partial charge on any atom is -0.493 e. The van der Waals surface area contributed by atoms with Gasteiger partial charge in [0.1, 0.15) is 5.37 Å². The lowest BCUT2D eigenvalue weighted by molar-refractivity contribution is 0.214. The largest absolute Gasteiger partial charge is 0.493 e. The molecule has 0 aromatic heterocycles. The number of carbonyl (C=O) groups is 1. The minimum absolute atomic E-state index is 0.124. The fourth-order valence-electron chi connectivity index (χ4n) is 2.79. The summed E-state index contributed by atoms with van der Waals surface area (Å²) in [4.78, 5) is 14.6. The van der Waals surface area contributed by atoms with Crippen LogP contribution in [0.2, 0.25) is 10.0 Å². The van der Waals surface area contributed by atoms with E-state index in [9.17, 15) is 4.79 Å². The molecule has 1 aliphatic rings. The molecule has 5 nitrogen and oxygen atoms in total. The predicted octanol–water partition coefficient (Wildman–Crippen LogP) is 5.29. The van der Waals surface area contributed by atoms with Crippen LogP contribution in [0.1, 0.15) is 10.9 Å². The number of hydrogen-bond acceptors (Lipinski definition) is 4. The van der Waals surface area contributed by atoms with E-state index in [1.165, 1.54) is 7.11 Å². The zero-order valence-electron chi connectivity index (χ0n) is 14.3. The lowest BCUT2D eigenvalue weighted by Gasteiger charge is -2.25. The Kier molecular flexibility index (Phi) is 6.06. The monoisotopic (exact) mass is 412 g/mol. The van der Waals surface area contributed by atoms with Gasteiger partial charge in [-0.15, -0.1) is 11.8 Å². The number of benzene rings is 2. The highest BCUT2D eigenvalue weighted by Gasteiger charge is 2.31. The summed E-state index contributed by atoms with van der Waals surface area (Å²) in [6, 6.07) is 10.6. The predicted molar refractivity (Wildman–Crippen MR) is 107 cm³/mol. The second-order valence-electron chi connectivity index (χ2n) is 5.56. The van der Waals surface area contributed by atoms with E-state index in [-0.39, 0.29) is 11.4 Å². The number of nitrogens with zero attached hydrogens (tertiary/aromatic N) is 1. The van der Waals surface area contributed by atoms with Gasteiger partial charge in [-0.3, -0.25) is 0 Å². The SMILES string of the molecule is COc1cccc(NC(=O)N2CCS[C@@H]2c2ccc(Cl)c(Cl)c2)c1OC. The molecule has 0 bridgehead atoms. The summed E-state index contributed by atoms with van der Waals surface area (Å²) in [5.74, 6) is 1.89. The van der Waals surface area contributed by atoms with Crippen molar-refractivity contribution in [3.63, 3.8) is 0 Å². The molecule has 2 aromatic rings. The molecule has 0 radical (unpaired) electrons. The lowest BCUT2D eigenvalue weighted by Crippen LogP contribution is -2.34. The molecular weight excluding hydrogens is 395 g/mol. The van der Waals surface area contributed by atoms with Crippen LogP contribution in [0.3, 0.4) is 0 Å². The van der Waals surface area contributed by atoms with Crippen LogP contribution in [-0.2, 0) is 0 Å². The van der Waals surface area contributed by atoms with Crippen molar-refractivity contribution >= 4 is 46.7 Å². The van der Waals surface area contributed by atoms with Gasteiger partial charge in [-0.05, 0) is 29.8 Å². The average Bonchev–Trinajstić information content (AvgIpc) is 3.13. The first-order chi connectivity index (χ1) is 12.5. The van der Waals surface area contributed by atoms with E-state index < -0.39 is 0 Å².